The van der Waals surface area contributed by atoms with Crippen molar-refractivity contribution in [1.82, 2.24) is 4.98 Å². The molecule has 0 saturated heterocycles. The smallest absolute Gasteiger partial charge is 0.283 e. The zero-order valence-electron chi connectivity index (χ0n) is 18.6. The summed E-state index contributed by atoms with van der Waals surface area (Å²) in [6.07, 6.45) is 1.89. The van der Waals surface area contributed by atoms with E-state index in [0.29, 0.717) is 21.4 Å². The molecule has 0 saturated carbocycles. The van der Waals surface area contributed by atoms with E-state index in [1.807, 2.05) is 109 Å². The summed E-state index contributed by atoms with van der Waals surface area (Å²) < 4.78 is 0. The molecule has 0 bridgehead atoms. The maximum Gasteiger partial charge on any atom is 0.283 e. The van der Waals surface area contributed by atoms with Gasteiger partial charge in [0.15, 0.2) is 0 Å². The van der Waals surface area contributed by atoms with Crippen LogP contribution in [0.15, 0.2) is 94.9 Å². The van der Waals surface area contributed by atoms with Crippen molar-refractivity contribution in [2.75, 3.05) is 24.0 Å². The first kappa shape index (κ1) is 22.1. The van der Waals surface area contributed by atoms with E-state index in [4.69, 9.17) is 16.7 Å². The number of hydrogen-bond donors (Lipinski definition) is 0. The van der Waals surface area contributed by atoms with Crippen molar-refractivity contribution < 1.29 is 4.79 Å². The van der Waals surface area contributed by atoms with E-state index < -0.39 is 0 Å². The van der Waals surface area contributed by atoms with Crippen molar-refractivity contribution in [1.29, 1.82) is 0 Å². The second kappa shape index (κ2) is 9.25. The highest BCUT2D eigenvalue weighted by Crippen LogP contribution is 2.33. The van der Waals surface area contributed by atoms with Gasteiger partial charge in [-0.3, -0.25) is 4.79 Å². The number of benzene rings is 3. The average Bonchev–Trinajstić information content (AvgIpc) is 3.46. The Bertz CT molecular complexity index is 1390. The van der Waals surface area contributed by atoms with Crippen LogP contribution in [-0.4, -0.2) is 30.7 Å². The topological polar surface area (TPSA) is 48.8 Å². The Kier molecular flexibility index (Phi) is 6.01. The largest absolute Gasteiger partial charge is 0.378 e. The van der Waals surface area contributed by atoms with Gasteiger partial charge in [-0.25, -0.2) is 4.98 Å². The molecule has 0 N–H and O–H groups in total. The van der Waals surface area contributed by atoms with Crippen LogP contribution >= 0.6 is 22.9 Å². The molecule has 0 aliphatic carbocycles. The van der Waals surface area contributed by atoms with E-state index in [1.165, 1.54) is 16.3 Å². The molecule has 1 aliphatic heterocycles. The summed E-state index contributed by atoms with van der Waals surface area (Å²) >= 11 is 7.39. The van der Waals surface area contributed by atoms with Crippen molar-refractivity contribution in [2.45, 2.75) is 0 Å². The van der Waals surface area contributed by atoms with Gasteiger partial charge in [-0.2, -0.15) is 10.1 Å². The first-order chi connectivity index (χ1) is 16.5. The minimum atomic E-state index is -0.201. The average molecular weight is 485 g/mol. The summed E-state index contributed by atoms with van der Waals surface area (Å²) in [5.41, 5.74) is 5.78. The number of amides is 1. The Hall–Kier alpha value is -3.74. The number of carbonyl (C=O) groups is 1. The van der Waals surface area contributed by atoms with E-state index >= 15 is 0 Å². The first-order valence-corrected chi connectivity index (χ1v) is 11.9. The van der Waals surface area contributed by atoms with Gasteiger partial charge in [-0.15, -0.1) is 11.3 Å². The molecule has 0 fully saturated rings. The highest BCUT2D eigenvalue weighted by molar-refractivity contribution is 7.14. The molecule has 5 nitrogen and oxygen atoms in total. The number of nitrogens with zero attached hydrogens (tertiary/aromatic N) is 4. The number of rotatable bonds is 5. The Morgan fingerprint density at radius 3 is 2.29 bits per heavy atom. The van der Waals surface area contributed by atoms with Crippen LogP contribution in [0.1, 0.15) is 11.1 Å². The predicted molar refractivity (Wildman–Crippen MR) is 142 cm³/mol. The standard InChI is InChI=1S/C27H21ClN4OS/c1-31(2)22-14-8-18(9-15-22)16-23-25(20-6-4-3-5-7-20)30-32(26(23)33)27-29-24(17-34-27)19-10-12-21(28)13-11-19/h3-17H,1-2H3/b23-16+. The molecule has 2 heterocycles. The first-order valence-electron chi connectivity index (χ1n) is 10.7. The molecule has 1 amide bonds. The van der Waals surface area contributed by atoms with Gasteiger partial charge in [0.05, 0.1) is 11.3 Å². The Balaban J connectivity index is 1.53. The van der Waals surface area contributed by atoms with Crippen LogP contribution in [0.25, 0.3) is 17.3 Å². The molecule has 168 valence electrons. The molecule has 1 aliphatic rings. The van der Waals surface area contributed by atoms with E-state index in [2.05, 4.69) is 4.98 Å². The van der Waals surface area contributed by atoms with Gasteiger partial charge >= 0.3 is 0 Å². The fraction of sp³-hybridized carbons (Fsp3) is 0.0741. The fourth-order valence-electron chi connectivity index (χ4n) is 3.63. The van der Waals surface area contributed by atoms with Gasteiger partial charge in [-0.05, 0) is 35.9 Å². The molecule has 34 heavy (non-hydrogen) atoms. The molecule has 0 unspecified atom stereocenters. The Morgan fingerprint density at radius 1 is 0.912 bits per heavy atom. The zero-order chi connectivity index (χ0) is 23.7. The number of halogens is 1. The van der Waals surface area contributed by atoms with Gasteiger partial charge in [0.2, 0.25) is 5.13 Å². The van der Waals surface area contributed by atoms with Crippen molar-refractivity contribution in [3.05, 3.63) is 106 Å². The van der Waals surface area contributed by atoms with Crippen LogP contribution < -0.4 is 9.91 Å². The molecule has 1 aromatic heterocycles. The van der Waals surface area contributed by atoms with Crippen molar-refractivity contribution in [3.8, 4) is 11.3 Å². The molecular formula is C27H21ClN4OS. The quantitative estimate of drug-likeness (QED) is 0.309. The van der Waals surface area contributed by atoms with Crippen LogP contribution in [0.4, 0.5) is 10.8 Å². The summed E-state index contributed by atoms with van der Waals surface area (Å²) in [5.74, 6) is -0.201. The lowest BCUT2D eigenvalue weighted by Gasteiger charge is -2.12. The van der Waals surface area contributed by atoms with Crippen LogP contribution in [0.3, 0.4) is 0 Å². The third-order valence-corrected chi connectivity index (χ3v) is 6.53. The molecule has 3 aromatic carbocycles. The van der Waals surface area contributed by atoms with Crippen LogP contribution in [-0.2, 0) is 4.79 Å². The molecule has 5 rings (SSSR count). The summed E-state index contributed by atoms with van der Waals surface area (Å²) in [5, 5.41) is 9.21. The number of thiazole rings is 1. The Morgan fingerprint density at radius 2 is 1.62 bits per heavy atom. The third kappa shape index (κ3) is 4.38. The lowest BCUT2D eigenvalue weighted by molar-refractivity contribution is -0.114. The lowest BCUT2D eigenvalue weighted by Crippen LogP contribution is -2.21. The summed E-state index contributed by atoms with van der Waals surface area (Å²) in [6.45, 7) is 0. The van der Waals surface area contributed by atoms with Gasteiger partial charge in [0.25, 0.3) is 5.91 Å². The monoisotopic (exact) mass is 484 g/mol. The SMILES string of the molecule is CN(C)c1ccc(/C=C2/C(=O)N(c3nc(-c4ccc(Cl)cc4)cs3)N=C2c2ccccc2)cc1. The summed E-state index contributed by atoms with van der Waals surface area (Å²) in [7, 11) is 4.00. The second-order valence-electron chi connectivity index (χ2n) is 8.00. The minimum Gasteiger partial charge on any atom is -0.378 e. The number of hydrogen-bond acceptors (Lipinski definition) is 5. The highest BCUT2D eigenvalue weighted by Gasteiger charge is 2.33. The van der Waals surface area contributed by atoms with Crippen molar-refractivity contribution in [3.63, 3.8) is 0 Å². The second-order valence-corrected chi connectivity index (χ2v) is 9.27. The van der Waals surface area contributed by atoms with Gasteiger partial charge < -0.3 is 4.90 Å². The maximum absolute atomic E-state index is 13.5. The lowest BCUT2D eigenvalue weighted by atomic mass is 10.0. The molecular weight excluding hydrogens is 464 g/mol. The molecule has 7 heteroatoms. The zero-order valence-corrected chi connectivity index (χ0v) is 20.2. The van der Waals surface area contributed by atoms with E-state index in [-0.39, 0.29) is 5.91 Å². The molecule has 0 atom stereocenters. The van der Waals surface area contributed by atoms with E-state index in [0.717, 1.165) is 28.1 Å². The Labute approximate surface area is 207 Å². The van der Waals surface area contributed by atoms with Gasteiger partial charge in [0, 0.05) is 41.3 Å². The van der Waals surface area contributed by atoms with Crippen LogP contribution in [0, 0.1) is 0 Å². The van der Waals surface area contributed by atoms with Crippen molar-refractivity contribution >= 4 is 51.5 Å². The van der Waals surface area contributed by atoms with Crippen molar-refractivity contribution in [2.24, 2.45) is 5.10 Å². The van der Waals surface area contributed by atoms with Gasteiger partial charge in [0.1, 0.15) is 5.71 Å². The van der Waals surface area contributed by atoms with Gasteiger partial charge in [-0.1, -0.05) is 66.2 Å². The maximum atomic E-state index is 13.5. The minimum absolute atomic E-state index is 0.201. The normalized spacial score (nSPS) is 14.6. The molecule has 4 aromatic rings. The van der Waals surface area contributed by atoms with Crippen LogP contribution in [0.5, 0.6) is 0 Å². The number of hydrazone groups is 1. The van der Waals surface area contributed by atoms with E-state index in [9.17, 15) is 4.79 Å². The number of anilines is 2. The number of carbonyl (C=O) groups excluding carboxylic acids is 1. The molecule has 0 spiro atoms. The third-order valence-electron chi connectivity index (χ3n) is 5.46. The van der Waals surface area contributed by atoms with E-state index in [1.54, 1.807) is 0 Å². The number of aromatic nitrogens is 1. The van der Waals surface area contributed by atoms with Crippen LogP contribution in [0.2, 0.25) is 5.02 Å². The fourth-order valence-corrected chi connectivity index (χ4v) is 4.54. The summed E-state index contributed by atoms with van der Waals surface area (Å²) in [6, 6.07) is 25.3. The highest BCUT2D eigenvalue weighted by atomic mass is 35.5. The molecule has 0 radical (unpaired) electrons. The summed E-state index contributed by atoms with van der Waals surface area (Å²) in [4.78, 5) is 20.3. The predicted octanol–water partition coefficient (Wildman–Crippen LogP) is 6.36.